The molecule has 0 saturated heterocycles. The normalized spacial score (nSPS) is 10.9. The van der Waals surface area contributed by atoms with Crippen LogP contribution in [0.3, 0.4) is 0 Å². The molecule has 1 heterocycles. The fraction of sp³-hybridized carbons (Fsp3) is 0.250. The summed E-state index contributed by atoms with van der Waals surface area (Å²) in [4.78, 5) is 15.8. The number of benzene rings is 2. The Hall–Kier alpha value is -2.62. The van der Waals surface area contributed by atoms with E-state index >= 15 is 0 Å². The van der Waals surface area contributed by atoms with Gasteiger partial charge >= 0.3 is 0 Å². The van der Waals surface area contributed by atoms with Gasteiger partial charge in [-0.15, -0.1) is 0 Å². The minimum absolute atomic E-state index is 0.0802. The maximum atomic E-state index is 12.4. The second-order valence-electron chi connectivity index (χ2n) is 5.78. The number of rotatable bonds is 6. The molecule has 0 aliphatic rings. The number of alkyl halides is 1. The molecule has 0 aliphatic heterocycles. The molecule has 0 saturated carbocycles. The Morgan fingerprint density at radius 3 is 2.54 bits per heavy atom. The fourth-order valence-electron chi connectivity index (χ4n) is 2.81. The first-order chi connectivity index (χ1) is 11.7. The highest BCUT2D eigenvalue weighted by Gasteiger charge is 2.08. The van der Waals surface area contributed by atoms with Gasteiger partial charge in [-0.1, -0.05) is 24.3 Å². The average molecular weight is 324 g/mol. The number of hydrogen-bond acceptors (Lipinski definition) is 2. The average Bonchev–Trinajstić information content (AvgIpc) is 2.62. The fourth-order valence-corrected chi connectivity index (χ4v) is 2.81. The van der Waals surface area contributed by atoms with E-state index in [9.17, 15) is 9.18 Å². The summed E-state index contributed by atoms with van der Waals surface area (Å²) in [5, 5.41) is 0.730. The summed E-state index contributed by atoms with van der Waals surface area (Å²) in [6.45, 7) is 1.46. The summed E-state index contributed by atoms with van der Waals surface area (Å²) in [6, 6.07) is 15.2. The quantitative estimate of drug-likeness (QED) is 0.745. The van der Waals surface area contributed by atoms with Gasteiger partial charge in [0.2, 0.25) is 0 Å². The molecule has 0 aliphatic carbocycles. The smallest absolute Gasteiger partial charge is 0.192 e. The van der Waals surface area contributed by atoms with Gasteiger partial charge in [-0.25, -0.2) is 4.39 Å². The maximum Gasteiger partial charge on any atom is 0.192 e. The van der Waals surface area contributed by atoms with Crippen molar-refractivity contribution in [3.63, 3.8) is 0 Å². The van der Waals surface area contributed by atoms with Gasteiger partial charge in [0.15, 0.2) is 5.43 Å². The van der Waals surface area contributed by atoms with Crippen LogP contribution < -0.4 is 10.2 Å². The van der Waals surface area contributed by atoms with Crippen LogP contribution in [0.2, 0.25) is 0 Å². The highest BCUT2D eigenvalue weighted by molar-refractivity contribution is 5.79. The molecule has 1 aromatic heterocycles. The van der Waals surface area contributed by atoms with Crippen LogP contribution in [0.1, 0.15) is 16.8 Å². The standard InChI is InChI=1S/C20H20FNO2/c1-14-18(22-19-5-3-2-4-17(19)20(14)23)11-8-15-6-9-16(10-7-15)24-13-12-21/h2-7,9-10H,8,11-13H2,1H3,(H,22,23)/i21-1. The molecule has 4 heteroatoms. The molecule has 0 bridgehead atoms. The van der Waals surface area contributed by atoms with E-state index in [1.165, 1.54) is 0 Å². The first-order valence-corrected chi connectivity index (χ1v) is 8.07. The summed E-state index contributed by atoms with van der Waals surface area (Å²) in [7, 11) is 0. The number of aromatic amines is 1. The first-order valence-electron chi connectivity index (χ1n) is 8.07. The minimum Gasteiger partial charge on any atom is -0.491 e. The third-order valence-corrected chi connectivity index (χ3v) is 4.18. The Morgan fingerprint density at radius 2 is 1.79 bits per heavy atom. The van der Waals surface area contributed by atoms with Crippen LogP contribution in [0.5, 0.6) is 5.75 Å². The van der Waals surface area contributed by atoms with Gasteiger partial charge in [0.05, 0.1) is 0 Å². The van der Waals surface area contributed by atoms with E-state index in [4.69, 9.17) is 4.74 Å². The molecule has 0 spiro atoms. The maximum absolute atomic E-state index is 12.4. The Kier molecular flexibility index (Phi) is 4.94. The van der Waals surface area contributed by atoms with Gasteiger partial charge in [0.1, 0.15) is 19.0 Å². The summed E-state index contributed by atoms with van der Waals surface area (Å²) in [5.74, 6) is 0.673. The van der Waals surface area contributed by atoms with Crippen LogP contribution in [0.15, 0.2) is 53.3 Å². The van der Waals surface area contributed by atoms with Gasteiger partial charge in [0.25, 0.3) is 0 Å². The molecule has 0 amide bonds. The molecule has 124 valence electrons. The van der Waals surface area contributed by atoms with Crippen molar-refractivity contribution in [2.75, 3.05) is 13.3 Å². The SMILES string of the molecule is Cc1c(CCc2ccc(OCC[18F])cc2)[nH]c2ccccc2c1=O. The summed E-state index contributed by atoms with van der Waals surface area (Å²) in [5.41, 5.74) is 3.86. The molecule has 24 heavy (non-hydrogen) atoms. The molecule has 1 N–H and O–H groups in total. The van der Waals surface area contributed by atoms with Crippen molar-refractivity contribution in [2.45, 2.75) is 19.8 Å². The van der Waals surface area contributed by atoms with Crippen LogP contribution >= 0.6 is 0 Å². The Balaban J connectivity index is 1.76. The Morgan fingerprint density at radius 1 is 1.04 bits per heavy atom. The molecule has 3 nitrogen and oxygen atoms in total. The molecule has 3 rings (SSSR count). The number of pyridine rings is 1. The van der Waals surface area contributed by atoms with Crippen molar-refractivity contribution in [3.05, 3.63) is 75.6 Å². The first kappa shape index (κ1) is 16.2. The van der Waals surface area contributed by atoms with Crippen molar-refractivity contribution in [1.29, 1.82) is 0 Å². The lowest BCUT2D eigenvalue weighted by atomic mass is 10.0. The van der Waals surface area contributed by atoms with Gasteiger partial charge in [-0.3, -0.25) is 4.79 Å². The van der Waals surface area contributed by atoms with Crippen LogP contribution in [-0.4, -0.2) is 18.3 Å². The number of nitrogens with one attached hydrogen (secondary N) is 1. The van der Waals surface area contributed by atoms with E-state index in [0.717, 1.165) is 40.6 Å². The van der Waals surface area contributed by atoms with Crippen molar-refractivity contribution >= 4 is 10.9 Å². The van der Waals surface area contributed by atoms with Crippen molar-refractivity contribution in [2.24, 2.45) is 0 Å². The Labute approximate surface area is 140 Å². The largest absolute Gasteiger partial charge is 0.491 e. The van der Waals surface area contributed by atoms with E-state index in [2.05, 4.69) is 4.98 Å². The Bertz CT molecular complexity index is 884. The molecule has 0 unspecified atom stereocenters. The molecule has 0 fully saturated rings. The molecular weight excluding hydrogens is 304 g/mol. The van der Waals surface area contributed by atoms with Crippen LogP contribution in [-0.2, 0) is 12.8 Å². The monoisotopic (exact) mass is 324 g/mol. The number of aryl methyl sites for hydroxylation is 2. The second kappa shape index (κ2) is 7.30. The van der Waals surface area contributed by atoms with Gasteiger partial charge in [-0.2, -0.15) is 0 Å². The van der Waals surface area contributed by atoms with Crippen LogP contribution in [0.4, 0.5) is 4.39 Å². The van der Waals surface area contributed by atoms with Crippen LogP contribution in [0.25, 0.3) is 10.9 Å². The van der Waals surface area contributed by atoms with Crippen molar-refractivity contribution < 1.29 is 9.13 Å². The van der Waals surface area contributed by atoms with Crippen molar-refractivity contribution in [1.82, 2.24) is 4.98 Å². The predicted octanol–water partition coefficient (Wildman–Crippen LogP) is 3.97. The van der Waals surface area contributed by atoms with E-state index < -0.39 is 6.67 Å². The number of aromatic nitrogens is 1. The lowest BCUT2D eigenvalue weighted by molar-refractivity contribution is 0.273. The topological polar surface area (TPSA) is 42.1 Å². The van der Waals surface area contributed by atoms with Crippen molar-refractivity contribution in [3.8, 4) is 5.75 Å². The van der Waals surface area contributed by atoms with E-state index in [1.54, 1.807) is 0 Å². The lowest BCUT2D eigenvalue weighted by Gasteiger charge is -2.09. The third kappa shape index (κ3) is 3.48. The highest BCUT2D eigenvalue weighted by atomic mass is 18.2. The number of para-hydroxylation sites is 1. The number of H-pyrrole nitrogens is 1. The molecule has 2 aromatic carbocycles. The summed E-state index contributed by atoms with van der Waals surface area (Å²) in [6.07, 6.45) is 1.58. The van der Waals surface area contributed by atoms with Gasteiger partial charge in [-0.05, 0) is 49.6 Å². The molecule has 0 atom stereocenters. The second-order valence-corrected chi connectivity index (χ2v) is 5.78. The number of fused-ring (bicyclic) bond motifs is 1. The van der Waals surface area contributed by atoms with Gasteiger partial charge < -0.3 is 9.72 Å². The zero-order valence-corrected chi connectivity index (χ0v) is 13.6. The molecule has 0 radical (unpaired) electrons. The predicted molar refractivity (Wildman–Crippen MR) is 94.6 cm³/mol. The zero-order chi connectivity index (χ0) is 16.9. The molecule has 3 aromatic rings. The minimum atomic E-state index is -0.490. The molecular formula is C20H20FNO2. The van der Waals surface area contributed by atoms with E-state index in [0.29, 0.717) is 5.75 Å². The summed E-state index contributed by atoms with van der Waals surface area (Å²) < 4.78 is 17.3. The number of ether oxygens (including phenoxy) is 1. The van der Waals surface area contributed by atoms with E-state index in [1.807, 2.05) is 55.5 Å². The van der Waals surface area contributed by atoms with Crippen LogP contribution in [0, 0.1) is 6.92 Å². The van der Waals surface area contributed by atoms with Gasteiger partial charge in [0, 0.05) is 22.2 Å². The number of halogens is 1. The zero-order valence-electron chi connectivity index (χ0n) is 13.6. The number of hydrogen-bond donors (Lipinski definition) is 1. The highest BCUT2D eigenvalue weighted by Crippen LogP contribution is 2.16. The summed E-state index contributed by atoms with van der Waals surface area (Å²) >= 11 is 0. The lowest BCUT2D eigenvalue weighted by Crippen LogP contribution is -2.12. The van der Waals surface area contributed by atoms with E-state index in [-0.39, 0.29) is 12.0 Å². The third-order valence-electron chi connectivity index (χ3n) is 4.18.